The number of H-pyrrole nitrogens is 1. The summed E-state index contributed by atoms with van der Waals surface area (Å²) in [6, 6.07) is 1.53. The van der Waals surface area contributed by atoms with Crippen LogP contribution in [0, 0.1) is 6.92 Å². The van der Waals surface area contributed by atoms with E-state index in [2.05, 4.69) is 29.7 Å². The summed E-state index contributed by atoms with van der Waals surface area (Å²) >= 11 is 0. The van der Waals surface area contributed by atoms with Gasteiger partial charge in [-0.25, -0.2) is 15.0 Å². The Morgan fingerprint density at radius 1 is 1.00 bits per heavy atom. The molecule has 24 heavy (non-hydrogen) atoms. The second-order valence-electron chi connectivity index (χ2n) is 6.51. The van der Waals surface area contributed by atoms with Gasteiger partial charge in [-0.1, -0.05) is 0 Å². The lowest BCUT2D eigenvalue weighted by Gasteiger charge is -2.18. The molecule has 0 unspecified atom stereocenters. The molecule has 0 spiro atoms. The van der Waals surface area contributed by atoms with Crippen LogP contribution in [0.15, 0.2) is 17.1 Å². The number of aromatic amines is 1. The van der Waals surface area contributed by atoms with Gasteiger partial charge in [0.15, 0.2) is 0 Å². The zero-order valence-electron chi connectivity index (χ0n) is 14.0. The molecule has 0 bridgehead atoms. The summed E-state index contributed by atoms with van der Waals surface area (Å²) in [5, 5.41) is 0. The molecule has 0 aliphatic carbocycles. The first-order chi connectivity index (χ1) is 11.7. The smallest absolute Gasteiger partial charge is 0.252 e. The fourth-order valence-electron chi connectivity index (χ4n) is 3.44. The first kappa shape index (κ1) is 15.1. The molecular formula is C17H22N6O. The lowest BCUT2D eigenvalue weighted by Crippen LogP contribution is -2.24. The molecule has 4 rings (SSSR count). The third-order valence-corrected chi connectivity index (χ3v) is 4.77. The molecule has 126 valence electrons. The highest BCUT2D eigenvalue weighted by atomic mass is 16.1. The van der Waals surface area contributed by atoms with Gasteiger partial charge >= 0.3 is 0 Å². The van der Waals surface area contributed by atoms with E-state index >= 15 is 0 Å². The van der Waals surface area contributed by atoms with E-state index in [1.54, 1.807) is 6.20 Å². The first-order valence-electron chi connectivity index (χ1n) is 8.66. The monoisotopic (exact) mass is 326 g/mol. The minimum atomic E-state index is -0.134. The van der Waals surface area contributed by atoms with Crippen LogP contribution in [0.25, 0.3) is 11.3 Å². The molecule has 7 heteroatoms. The van der Waals surface area contributed by atoms with Gasteiger partial charge < -0.3 is 9.80 Å². The second-order valence-corrected chi connectivity index (χ2v) is 6.51. The number of nitrogens with one attached hydrogen (secondary N) is 1. The van der Waals surface area contributed by atoms with E-state index in [0.717, 1.165) is 56.2 Å². The maximum Gasteiger partial charge on any atom is 0.252 e. The van der Waals surface area contributed by atoms with Crippen LogP contribution in [0.4, 0.5) is 11.9 Å². The van der Waals surface area contributed by atoms with Crippen LogP contribution in [0.5, 0.6) is 0 Å². The summed E-state index contributed by atoms with van der Waals surface area (Å²) in [7, 11) is 0. The zero-order chi connectivity index (χ0) is 16.5. The highest BCUT2D eigenvalue weighted by Crippen LogP contribution is 2.24. The Morgan fingerprint density at radius 2 is 1.67 bits per heavy atom. The van der Waals surface area contributed by atoms with Crippen molar-refractivity contribution in [2.24, 2.45) is 0 Å². The van der Waals surface area contributed by atoms with Gasteiger partial charge in [-0.2, -0.15) is 0 Å². The molecule has 2 aliphatic rings. The van der Waals surface area contributed by atoms with Crippen LogP contribution in [0.2, 0.25) is 0 Å². The van der Waals surface area contributed by atoms with E-state index < -0.39 is 0 Å². The van der Waals surface area contributed by atoms with Gasteiger partial charge in [0.05, 0.1) is 11.4 Å². The topological polar surface area (TPSA) is 78.0 Å². The van der Waals surface area contributed by atoms with Crippen molar-refractivity contribution < 1.29 is 0 Å². The second kappa shape index (κ2) is 6.22. The maximum absolute atomic E-state index is 12.1. The minimum Gasteiger partial charge on any atom is -0.342 e. The summed E-state index contributed by atoms with van der Waals surface area (Å²) in [4.78, 5) is 33.0. The minimum absolute atomic E-state index is 0.134. The molecule has 0 aromatic carbocycles. The lowest BCUT2D eigenvalue weighted by atomic mass is 10.2. The highest BCUT2D eigenvalue weighted by molar-refractivity contribution is 5.62. The fraction of sp³-hybridized carbons (Fsp3) is 0.529. The van der Waals surface area contributed by atoms with Crippen LogP contribution in [-0.4, -0.2) is 46.1 Å². The van der Waals surface area contributed by atoms with Gasteiger partial charge in [-0.15, -0.1) is 0 Å². The van der Waals surface area contributed by atoms with Gasteiger partial charge in [0.25, 0.3) is 5.56 Å². The van der Waals surface area contributed by atoms with Crippen molar-refractivity contribution in [3.8, 4) is 11.3 Å². The normalized spacial score (nSPS) is 17.7. The number of hydrogen-bond acceptors (Lipinski definition) is 6. The molecule has 7 nitrogen and oxygen atoms in total. The SMILES string of the molecule is Cc1nc(N2CCCC2)ncc1-c1cc(=O)[nH]c(N2CCCC2)n1. The van der Waals surface area contributed by atoms with Crippen molar-refractivity contribution >= 4 is 11.9 Å². The molecule has 0 atom stereocenters. The number of anilines is 2. The quantitative estimate of drug-likeness (QED) is 0.925. The molecule has 2 fully saturated rings. The van der Waals surface area contributed by atoms with Crippen LogP contribution >= 0.6 is 0 Å². The molecule has 2 aliphatic heterocycles. The Balaban J connectivity index is 1.69. The third kappa shape index (κ3) is 2.86. The van der Waals surface area contributed by atoms with Crippen LogP contribution < -0.4 is 15.4 Å². The summed E-state index contributed by atoms with van der Waals surface area (Å²) in [6.07, 6.45) is 6.46. The molecule has 2 aromatic rings. The summed E-state index contributed by atoms with van der Waals surface area (Å²) in [6.45, 7) is 5.86. The molecule has 0 radical (unpaired) electrons. The predicted octanol–water partition coefficient (Wildman–Crippen LogP) is 1.74. The summed E-state index contributed by atoms with van der Waals surface area (Å²) in [5.41, 5.74) is 2.19. The van der Waals surface area contributed by atoms with Crippen molar-refractivity contribution in [3.63, 3.8) is 0 Å². The van der Waals surface area contributed by atoms with Crippen LogP contribution in [-0.2, 0) is 0 Å². The number of hydrogen-bond donors (Lipinski definition) is 1. The Labute approximate surface area is 140 Å². The molecule has 0 saturated carbocycles. The van der Waals surface area contributed by atoms with Crippen LogP contribution in [0.3, 0.4) is 0 Å². The first-order valence-corrected chi connectivity index (χ1v) is 8.66. The fourth-order valence-corrected chi connectivity index (χ4v) is 3.44. The molecular weight excluding hydrogens is 304 g/mol. The number of rotatable bonds is 3. The molecule has 2 saturated heterocycles. The standard InChI is InChI=1S/C17H22N6O/c1-12-13(11-18-16(19-12)22-6-2-3-7-22)14-10-15(24)21-17(20-14)23-8-4-5-9-23/h10-11H,2-9H2,1H3,(H,20,21,24). The largest absolute Gasteiger partial charge is 0.342 e. The molecule has 2 aromatic heterocycles. The molecule has 4 heterocycles. The van der Waals surface area contributed by atoms with E-state index in [1.807, 2.05) is 6.92 Å². The number of nitrogens with zero attached hydrogens (tertiary/aromatic N) is 5. The van der Waals surface area contributed by atoms with E-state index in [9.17, 15) is 4.79 Å². The van der Waals surface area contributed by atoms with Crippen LogP contribution in [0.1, 0.15) is 31.4 Å². The van der Waals surface area contributed by atoms with Gasteiger partial charge in [0.2, 0.25) is 11.9 Å². The Hall–Kier alpha value is -2.44. The van der Waals surface area contributed by atoms with Gasteiger partial charge in [-0.3, -0.25) is 9.78 Å². The van der Waals surface area contributed by atoms with Gasteiger partial charge in [-0.05, 0) is 32.6 Å². The Morgan fingerprint density at radius 3 is 2.33 bits per heavy atom. The average molecular weight is 326 g/mol. The number of aromatic nitrogens is 4. The summed E-state index contributed by atoms with van der Waals surface area (Å²) in [5.74, 6) is 1.43. The van der Waals surface area contributed by atoms with Crippen molar-refractivity contribution in [1.82, 2.24) is 19.9 Å². The predicted molar refractivity (Wildman–Crippen MR) is 93.5 cm³/mol. The van der Waals surface area contributed by atoms with E-state index in [1.165, 1.54) is 18.9 Å². The van der Waals surface area contributed by atoms with Gasteiger partial charge in [0, 0.05) is 44.0 Å². The summed E-state index contributed by atoms with van der Waals surface area (Å²) < 4.78 is 0. The third-order valence-electron chi connectivity index (χ3n) is 4.77. The Kier molecular flexibility index (Phi) is 3.92. The number of aryl methyl sites for hydroxylation is 1. The van der Waals surface area contributed by atoms with Crippen molar-refractivity contribution in [2.45, 2.75) is 32.6 Å². The Bertz CT molecular complexity index is 790. The molecule has 0 amide bonds. The highest BCUT2D eigenvalue weighted by Gasteiger charge is 2.19. The van der Waals surface area contributed by atoms with Crippen molar-refractivity contribution in [3.05, 3.63) is 28.3 Å². The molecule has 1 N–H and O–H groups in total. The van der Waals surface area contributed by atoms with Crippen molar-refractivity contribution in [1.29, 1.82) is 0 Å². The van der Waals surface area contributed by atoms with E-state index in [-0.39, 0.29) is 5.56 Å². The maximum atomic E-state index is 12.1. The lowest BCUT2D eigenvalue weighted by molar-refractivity contribution is 0.882. The van der Waals surface area contributed by atoms with E-state index in [4.69, 9.17) is 0 Å². The zero-order valence-corrected chi connectivity index (χ0v) is 14.0. The van der Waals surface area contributed by atoms with Crippen molar-refractivity contribution in [2.75, 3.05) is 36.0 Å². The average Bonchev–Trinajstić information content (AvgIpc) is 3.28. The van der Waals surface area contributed by atoms with Gasteiger partial charge in [0.1, 0.15) is 0 Å². The van der Waals surface area contributed by atoms with E-state index in [0.29, 0.717) is 11.6 Å².